The molecule has 0 radical (unpaired) electrons. The van der Waals surface area contributed by atoms with Crippen molar-refractivity contribution in [2.45, 2.75) is 16.4 Å². The maximum Gasteiger partial charge on any atom is 0.294 e. The van der Waals surface area contributed by atoms with Gasteiger partial charge in [-0.25, -0.2) is 0 Å². The van der Waals surface area contributed by atoms with E-state index < -0.39 is 21.6 Å². The monoisotopic (exact) mass is 264 g/mol. The Bertz CT molecular complexity index is 460. The molecule has 0 fully saturated rings. The number of rotatable bonds is 3. The minimum atomic E-state index is -4.28. The van der Waals surface area contributed by atoms with Crippen molar-refractivity contribution in [1.82, 2.24) is 0 Å². The molecule has 0 aliphatic carbocycles. The van der Waals surface area contributed by atoms with Gasteiger partial charge in [-0.1, -0.05) is 12.1 Å². The Morgan fingerprint density at radius 2 is 1.62 bits per heavy atom. The predicted octanol–water partition coefficient (Wildman–Crippen LogP) is -2.03. The van der Waals surface area contributed by atoms with E-state index in [4.69, 9.17) is 14.8 Å². The largest absolute Gasteiger partial charge is 0.383 e. The summed E-state index contributed by atoms with van der Waals surface area (Å²) in [5.41, 5.74) is -2.02. The average Bonchev–Trinajstić information content (AvgIpc) is 2.14. The third-order valence-corrected chi connectivity index (χ3v) is 3.43. The van der Waals surface area contributed by atoms with E-state index in [0.29, 0.717) is 0 Å². The first kappa shape index (κ1) is 13.3. The van der Waals surface area contributed by atoms with Gasteiger partial charge in [0.25, 0.3) is 10.1 Å². The lowest BCUT2D eigenvalue weighted by Gasteiger charge is -2.23. The highest BCUT2D eigenvalue weighted by atomic mass is 32.2. The molecule has 1 rings (SSSR count). The van der Waals surface area contributed by atoms with E-state index in [9.17, 15) is 13.5 Å². The van der Waals surface area contributed by atoms with Crippen LogP contribution >= 0.6 is 0 Å². The van der Waals surface area contributed by atoms with Crippen LogP contribution in [-0.4, -0.2) is 43.9 Å². The topological polar surface area (TPSA) is 115 Å². The first-order valence-corrected chi connectivity index (χ1v) is 6.76. The van der Waals surface area contributed by atoms with Crippen LogP contribution in [0.25, 0.3) is 0 Å². The summed E-state index contributed by atoms with van der Waals surface area (Å²) in [6.07, 6.45) is -1.50. The Kier molecular flexibility index (Phi) is 3.52. The van der Waals surface area contributed by atoms with Crippen molar-refractivity contribution in [3.05, 3.63) is 29.8 Å². The average molecular weight is 264 g/mol. The maximum atomic E-state index is 10.7. The van der Waals surface area contributed by atoms with Gasteiger partial charge in [0.2, 0.25) is 0 Å². The molecule has 1 atom stereocenters. The quantitative estimate of drug-likeness (QED) is 0.284. The fourth-order valence-corrected chi connectivity index (χ4v) is 1.95. The first-order chi connectivity index (χ1) is 7.12. The third-order valence-electron chi connectivity index (χ3n) is 2.01. The first-order valence-electron chi connectivity index (χ1n) is 4.32. The predicted molar refractivity (Wildman–Crippen MR) is 58.3 cm³/mol. The zero-order valence-corrected chi connectivity index (χ0v) is 11.2. The smallest absolute Gasteiger partial charge is 0.294 e. The van der Waals surface area contributed by atoms with E-state index in [2.05, 4.69) is 0 Å². The Balaban J connectivity index is 3.05. The third kappa shape index (κ3) is 3.11. The molecule has 1 aromatic carbocycles. The lowest BCUT2D eigenvalue weighted by Crippen LogP contribution is -2.36. The van der Waals surface area contributed by atoms with Crippen molar-refractivity contribution in [2.75, 3.05) is 0 Å². The number of hydrogen-bond acceptors (Lipinski definition) is 5. The number of benzene rings is 1. The molecule has 0 bridgehead atoms. The van der Waals surface area contributed by atoms with E-state index in [1.54, 1.807) is 0 Å². The molecule has 16 heavy (non-hydrogen) atoms. The second-order valence-corrected chi connectivity index (χ2v) is 6.43. The van der Waals surface area contributed by atoms with Crippen LogP contribution in [0.1, 0.15) is 11.7 Å². The van der Waals surface area contributed by atoms with Crippen molar-refractivity contribution in [3.63, 3.8) is 0 Å². The van der Waals surface area contributed by atoms with Crippen molar-refractivity contribution < 1.29 is 28.3 Å². The highest BCUT2D eigenvalue weighted by Gasteiger charge is 2.28. The van der Waals surface area contributed by atoms with Crippen LogP contribution in [0.5, 0.6) is 0 Å². The molecule has 4 N–H and O–H groups in total. The molecule has 0 amide bonds. The second kappa shape index (κ2) is 4.24. The molecule has 0 saturated heterocycles. The van der Waals surface area contributed by atoms with Crippen LogP contribution in [0.15, 0.2) is 29.2 Å². The van der Waals surface area contributed by atoms with E-state index in [0.717, 1.165) is 12.1 Å². The van der Waals surface area contributed by atoms with Crippen LogP contribution in [0, 0.1) is 0 Å². The Morgan fingerprint density at radius 3 is 1.94 bits per heavy atom. The summed E-state index contributed by atoms with van der Waals surface area (Å²) in [6, 6.07) is 4.54. The Hall–Kier alpha value is -0.773. The van der Waals surface area contributed by atoms with Gasteiger partial charge in [0.15, 0.2) is 5.41 Å². The van der Waals surface area contributed by atoms with Crippen LogP contribution in [0.3, 0.4) is 0 Å². The molecule has 0 saturated carbocycles. The van der Waals surface area contributed by atoms with Gasteiger partial charge in [0.05, 0.1) is 15.1 Å². The minimum absolute atomic E-state index is 0.0706. The zero-order valence-electron chi connectivity index (χ0n) is 8.40. The molecule has 1 unspecified atom stereocenters. The van der Waals surface area contributed by atoms with Gasteiger partial charge in [-0.3, -0.25) is 4.55 Å². The molecule has 0 aliphatic heterocycles. The normalized spacial score (nSPS) is 15.0. The molecular formula is C8H12O6SSi. The molecule has 0 aromatic heterocycles. The molecule has 0 spiro atoms. The van der Waals surface area contributed by atoms with Gasteiger partial charge < -0.3 is 15.3 Å². The summed E-state index contributed by atoms with van der Waals surface area (Å²) in [6.45, 7) is 0. The summed E-state index contributed by atoms with van der Waals surface area (Å²) in [5.74, 6) is 0. The summed E-state index contributed by atoms with van der Waals surface area (Å²) in [7, 11) is -4.35. The van der Waals surface area contributed by atoms with E-state index in [1.165, 1.54) is 12.1 Å². The molecule has 1 aromatic rings. The van der Waals surface area contributed by atoms with Gasteiger partial charge in [-0.2, -0.15) is 8.42 Å². The van der Waals surface area contributed by atoms with Gasteiger partial charge in [0.1, 0.15) is 6.10 Å². The van der Waals surface area contributed by atoms with Gasteiger partial charge in [0, 0.05) is 0 Å². The molecule has 8 heteroatoms. The second-order valence-electron chi connectivity index (χ2n) is 3.54. The summed E-state index contributed by atoms with van der Waals surface area (Å²) in [5, 5.41) is 27.8. The zero-order chi connectivity index (χ0) is 12.6. The van der Waals surface area contributed by atoms with Crippen molar-refractivity contribution in [3.8, 4) is 0 Å². The van der Waals surface area contributed by atoms with Crippen LogP contribution in [0.2, 0.25) is 0 Å². The van der Waals surface area contributed by atoms with Crippen LogP contribution in [-0.2, 0) is 10.1 Å². The van der Waals surface area contributed by atoms with Crippen molar-refractivity contribution in [1.29, 1.82) is 0 Å². The van der Waals surface area contributed by atoms with Crippen molar-refractivity contribution >= 4 is 20.4 Å². The Morgan fingerprint density at radius 1 is 1.19 bits per heavy atom. The van der Waals surface area contributed by atoms with Crippen LogP contribution < -0.4 is 0 Å². The molecule has 0 heterocycles. The maximum absolute atomic E-state index is 10.7. The highest BCUT2D eigenvalue weighted by molar-refractivity contribution is 7.85. The lowest BCUT2D eigenvalue weighted by atomic mass is 10.1. The molecular weight excluding hydrogens is 252 g/mol. The van der Waals surface area contributed by atoms with E-state index >= 15 is 0 Å². The Labute approximate surface area is 95.3 Å². The summed E-state index contributed by atoms with van der Waals surface area (Å²) < 4.78 is 30.1. The lowest BCUT2D eigenvalue weighted by molar-refractivity contribution is -0.163. The van der Waals surface area contributed by atoms with Crippen LogP contribution in [0.4, 0.5) is 0 Å². The minimum Gasteiger partial charge on any atom is -0.383 e. The molecule has 6 nitrogen and oxygen atoms in total. The molecule has 0 aliphatic rings. The number of aliphatic hydroxyl groups excluding tert-OH is 1. The standard InChI is InChI=1S/C8H12O6SSi/c9-7(8(10,11)16)5-1-3-6(4-2-5)15(12,13)14/h1-4,7,9-11H,16H3,(H,12,13,14). The van der Waals surface area contributed by atoms with Gasteiger partial charge >= 0.3 is 0 Å². The highest BCUT2D eigenvalue weighted by Crippen LogP contribution is 2.22. The van der Waals surface area contributed by atoms with Crippen molar-refractivity contribution in [2.24, 2.45) is 0 Å². The summed E-state index contributed by atoms with van der Waals surface area (Å²) >= 11 is 0. The van der Waals surface area contributed by atoms with E-state index in [1.807, 2.05) is 0 Å². The fraction of sp³-hybridized carbons (Fsp3) is 0.250. The number of aliphatic hydroxyl groups is 3. The van der Waals surface area contributed by atoms with E-state index in [-0.39, 0.29) is 20.7 Å². The number of hydrogen-bond donors (Lipinski definition) is 4. The SMILES string of the molecule is O=S(=O)(O)c1ccc(C(O)C(O)(O)[SiH3])cc1. The van der Waals surface area contributed by atoms with Gasteiger partial charge in [-0.05, 0) is 17.7 Å². The van der Waals surface area contributed by atoms with Gasteiger partial charge in [-0.15, -0.1) is 0 Å². The fourth-order valence-electron chi connectivity index (χ4n) is 1.14. The molecule has 90 valence electrons. The summed E-state index contributed by atoms with van der Waals surface area (Å²) in [4.78, 5) is -0.321.